The number of methoxy groups -OCH3 is 1. The first-order valence-corrected chi connectivity index (χ1v) is 13.4. The molecular formula is C27H39N7O4. The van der Waals surface area contributed by atoms with Crippen LogP contribution in [0.3, 0.4) is 0 Å². The van der Waals surface area contributed by atoms with Crippen molar-refractivity contribution >= 4 is 35.0 Å². The second-order valence-corrected chi connectivity index (χ2v) is 9.89. The number of carbonyl (C=O) groups is 1. The van der Waals surface area contributed by atoms with Crippen LogP contribution in [0, 0.1) is 17.2 Å². The summed E-state index contributed by atoms with van der Waals surface area (Å²) in [5.41, 5.74) is 2.12. The van der Waals surface area contributed by atoms with Crippen LogP contribution in [0.25, 0.3) is 0 Å². The van der Waals surface area contributed by atoms with Crippen LogP contribution < -0.4 is 15.1 Å². The molecule has 0 radical (unpaired) electrons. The molecule has 2 N–H and O–H groups in total. The third kappa shape index (κ3) is 6.57. The Kier molecular flexibility index (Phi) is 9.46. The predicted octanol–water partition coefficient (Wildman–Crippen LogP) is 3.52. The minimum Gasteiger partial charge on any atom is -0.461 e. The Morgan fingerprint density at radius 1 is 1.18 bits per heavy atom. The zero-order valence-electron chi connectivity index (χ0n) is 22.8. The molecule has 4 rings (SSSR count). The van der Waals surface area contributed by atoms with Crippen molar-refractivity contribution in [2.24, 2.45) is 11.8 Å². The van der Waals surface area contributed by atoms with E-state index in [1.165, 1.54) is 0 Å². The first-order chi connectivity index (χ1) is 18.4. The first-order valence-electron chi connectivity index (χ1n) is 13.4. The van der Waals surface area contributed by atoms with Crippen molar-refractivity contribution < 1.29 is 19.0 Å². The van der Waals surface area contributed by atoms with Crippen molar-refractivity contribution in [1.29, 1.82) is 5.41 Å². The number of rotatable bonds is 10. The lowest BCUT2D eigenvalue weighted by molar-refractivity contribution is 0.0519. The Bertz CT molecular complexity index is 1110. The third-order valence-electron chi connectivity index (χ3n) is 6.87. The maximum Gasteiger partial charge on any atom is 0.357 e. The van der Waals surface area contributed by atoms with E-state index < -0.39 is 5.97 Å². The smallest absolute Gasteiger partial charge is 0.357 e. The van der Waals surface area contributed by atoms with Crippen molar-refractivity contribution in [3.05, 3.63) is 29.6 Å². The molecule has 2 aliphatic rings. The Morgan fingerprint density at radius 2 is 1.92 bits per heavy atom. The Balaban J connectivity index is 1.75. The summed E-state index contributed by atoms with van der Waals surface area (Å²) in [5, 5.41) is 12.3. The number of pyridine rings is 1. The second-order valence-electron chi connectivity index (χ2n) is 9.89. The number of carbonyl (C=O) groups excluding carboxylic acids is 1. The van der Waals surface area contributed by atoms with E-state index in [9.17, 15) is 4.79 Å². The second kappa shape index (κ2) is 13.0. The van der Waals surface area contributed by atoms with Gasteiger partial charge in [-0.05, 0) is 43.7 Å². The molecule has 11 heteroatoms. The van der Waals surface area contributed by atoms with E-state index in [1.807, 2.05) is 13.8 Å². The van der Waals surface area contributed by atoms with Crippen LogP contribution in [0.2, 0.25) is 0 Å². The number of aromatic nitrogens is 3. The summed E-state index contributed by atoms with van der Waals surface area (Å²) in [5.74, 6) is 1.50. The van der Waals surface area contributed by atoms with Gasteiger partial charge in [0.05, 0.1) is 31.1 Å². The predicted molar refractivity (Wildman–Crippen MR) is 147 cm³/mol. The van der Waals surface area contributed by atoms with Crippen LogP contribution in [0.15, 0.2) is 18.3 Å². The number of ether oxygens (including phenoxy) is 3. The van der Waals surface area contributed by atoms with Crippen molar-refractivity contribution in [1.82, 2.24) is 15.0 Å². The van der Waals surface area contributed by atoms with Crippen molar-refractivity contribution in [2.75, 3.05) is 74.8 Å². The highest BCUT2D eigenvalue weighted by Gasteiger charge is 2.28. The number of morpholine rings is 1. The standard InChI is InChI=1S/C27H39N7O4/c1-5-38-26(35)20-16-21(33-10-7-19(8-11-33)17-36-4)23(24(28)18(2)3)25(30-20)31-22-6-9-29-27(32-22)34-12-14-37-15-13-34/h6,9,16,18-19,28H,5,7-8,10-15,17H2,1-4H3,(H,29,30,31,32). The maximum atomic E-state index is 12.9. The number of hydrogen-bond acceptors (Lipinski definition) is 11. The van der Waals surface area contributed by atoms with Crippen molar-refractivity contribution in [2.45, 2.75) is 33.6 Å². The van der Waals surface area contributed by atoms with E-state index in [1.54, 1.807) is 32.4 Å². The molecule has 0 saturated carbocycles. The Morgan fingerprint density at radius 3 is 2.58 bits per heavy atom. The molecule has 2 aromatic rings. The Hall–Kier alpha value is -3.31. The SMILES string of the molecule is CCOC(=O)c1cc(N2CCC(COC)CC2)c(C(=N)C(C)C)c(Nc2ccnc(N3CCOCC3)n2)n1. The molecule has 0 spiro atoms. The molecule has 38 heavy (non-hydrogen) atoms. The van der Waals surface area contributed by atoms with Gasteiger partial charge in [0.15, 0.2) is 5.69 Å². The highest BCUT2D eigenvalue weighted by molar-refractivity contribution is 6.09. The number of esters is 1. The number of anilines is 4. The van der Waals surface area contributed by atoms with Gasteiger partial charge < -0.3 is 34.7 Å². The van der Waals surface area contributed by atoms with Gasteiger partial charge in [0, 0.05) is 51.8 Å². The lowest BCUT2D eigenvalue weighted by atomic mass is 9.94. The molecule has 11 nitrogen and oxygen atoms in total. The van der Waals surface area contributed by atoms with Crippen LogP contribution >= 0.6 is 0 Å². The number of nitrogens with one attached hydrogen (secondary N) is 2. The highest BCUT2D eigenvalue weighted by Crippen LogP contribution is 2.34. The zero-order valence-corrected chi connectivity index (χ0v) is 22.8. The average molecular weight is 526 g/mol. The lowest BCUT2D eigenvalue weighted by Crippen LogP contribution is -2.37. The van der Waals surface area contributed by atoms with E-state index in [2.05, 4.69) is 25.1 Å². The highest BCUT2D eigenvalue weighted by atomic mass is 16.5. The van der Waals surface area contributed by atoms with Crippen molar-refractivity contribution in [3.63, 3.8) is 0 Å². The van der Waals surface area contributed by atoms with Gasteiger partial charge in [0.25, 0.3) is 0 Å². The summed E-state index contributed by atoms with van der Waals surface area (Å²) in [6, 6.07) is 3.53. The number of piperidine rings is 1. The van der Waals surface area contributed by atoms with Gasteiger partial charge in [-0.1, -0.05) is 13.8 Å². The van der Waals surface area contributed by atoms with Gasteiger partial charge in [0.2, 0.25) is 5.95 Å². The van der Waals surface area contributed by atoms with Gasteiger partial charge >= 0.3 is 5.97 Å². The molecule has 0 amide bonds. The van der Waals surface area contributed by atoms with Gasteiger partial charge in [0.1, 0.15) is 11.6 Å². The van der Waals surface area contributed by atoms with Crippen LogP contribution in [-0.2, 0) is 14.2 Å². The number of hydrogen-bond donors (Lipinski definition) is 2. The van der Waals surface area contributed by atoms with Gasteiger partial charge in [-0.3, -0.25) is 0 Å². The summed E-state index contributed by atoms with van der Waals surface area (Å²) in [6.45, 7) is 11.0. The minimum atomic E-state index is -0.495. The largest absolute Gasteiger partial charge is 0.461 e. The normalized spacial score (nSPS) is 16.6. The first kappa shape index (κ1) is 27.7. The van der Waals surface area contributed by atoms with E-state index in [0.717, 1.165) is 38.2 Å². The van der Waals surface area contributed by atoms with Crippen LogP contribution in [0.5, 0.6) is 0 Å². The topological polar surface area (TPSA) is 126 Å². The fraction of sp³-hybridized carbons (Fsp3) is 0.593. The van der Waals surface area contributed by atoms with Crippen molar-refractivity contribution in [3.8, 4) is 0 Å². The maximum absolute atomic E-state index is 12.9. The molecule has 4 heterocycles. The Labute approximate surface area is 224 Å². The van der Waals surface area contributed by atoms with Crippen LogP contribution in [0.1, 0.15) is 49.7 Å². The molecule has 206 valence electrons. The van der Waals surface area contributed by atoms with Crippen LogP contribution in [-0.4, -0.2) is 86.3 Å². The monoisotopic (exact) mass is 525 g/mol. The van der Waals surface area contributed by atoms with Crippen LogP contribution in [0.4, 0.5) is 23.3 Å². The summed E-state index contributed by atoms with van der Waals surface area (Å²) in [4.78, 5) is 31.0. The zero-order chi connectivity index (χ0) is 27.1. The molecule has 2 aliphatic heterocycles. The van der Waals surface area contributed by atoms with Gasteiger partial charge in [-0.2, -0.15) is 4.98 Å². The number of nitrogens with zero attached hydrogens (tertiary/aromatic N) is 5. The van der Waals surface area contributed by atoms with Gasteiger partial charge in [-0.15, -0.1) is 0 Å². The third-order valence-corrected chi connectivity index (χ3v) is 6.87. The molecule has 0 aromatic carbocycles. The molecule has 0 unspecified atom stereocenters. The molecular weight excluding hydrogens is 486 g/mol. The molecule has 0 atom stereocenters. The van der Waals surface area contributed by atoms with Gasteiger partial charge in [-0.25, -0.2) is 14.8 Å². The molecule has 2 aromatic heterocycles. The lowest BCUT2D eigenvalue weighted by Gasteiger charge is -2.35. The summed E-state index contributed by atoms with van der Waals surface area (Å²) >= 11 is 0. The molecule has 2 saturated heterocycles. The summed E-state index contributed by atoms with van der Waals surface area (Å²) < 4.78 is 16.1. The van der Waals surface area contributed by atoms with E-state index in [-0.39, 0.29) is 18.2 Å². The summed E-state index contributed by atoms with van der Waals surface area (Å²) in [7, 11) is 1.73. The van der Waals surface area contributed by atoms with E-state index in [4.69, 9.17) is 24.6 Å². The minimum absolute atomic E-state index is 0.0510. The molecule has 0 bridgehead atoms. The van der Waals surface area contributed by atoms with E-state index >= 15 is 0 Å². The fourth-order valence-electron chi connectivity index (χ4n) is 4.77. The average Bonchev–Trinajstić information content (AvgIpc) is 2.93. The fourth-order valence-corrected chi connectivity index (χ4v) is 4.77. The molecule has 0 aliphatic carbocycles. The van der Waals surface area contributed by atoms with E-state index in [0.29, 0.717) is 61.1 Å². The quantitative estimate of drug-likeness (QED) is 0.351. The summed E-state index contributed by atoms with van der Waals surface area (Å²) in [6.07, 6.45) is 3.64. The molecule has 2 fully saturated rings.